The lowest BCUT2D eigenvalue weighted by Crippen LogP contribution is -2.43. The molecule has 4 aromatic carbocycles. The molecule has 0 aliphatic rings. The molecule has 0 radical (unpaired) electrons. The van der Waals surface area contributed by atoms with Crippen molar-refractivity contribution in [3.05, 3.63) is 104 Å². The molecule has 0 fully saturated rings. The third-order valence-corrected chi connectivity index (χ3v) is 6.92. The molecule has 0 aliphatic carbocycles. The van der Waals surface area contributed by atoms with Gasteiger partial charge in [-0.2, -0.15) is 0 Å². The van der Waals surface area contributed by atoms with Crippen molar-refractivity contribution in [1.82, 2.24) is 5.32 Å². The average Bonchev–Trinajstić information content (AvgIpc) is 2.83. The van der Waals surface area contributed by atoms with Crippen molar-refractivity contribution in [2.75, 3.05) is 7.11 Å². The minimum absolute atomic E-state index is 0.0653. The number of fused-ring (bicyclic) bond motifs is 1. The predicted molar refractivity (Wildman–Crippen MR) is 143 cm³/mol. The first kappa shape index (κ1) is 26.2. The van der Waals surface area contributed by atoms with Crippen LogP contribution in [-0.2, 0) is 16.0 Å². The Hall–Kier alpha value is -2.83. The Kier molecular flexibility index (Phi) is 8.06. The molecule has 0 heterocycles. The van der Waals surface area contributed by atoms with Gasteiger partial charge in [-0.25, -0.2) is 9.18 Å². The predicted octanol–water partition coefficient (Wildman–Crippen LogP) is 7.77. The van der Waals surface area contributed by atoms with Gasteiger partial charge in [0.05, 0.1) is 32.8 Å². The van der Waals surface area contributed by atoms with Crippen molar-refractivity contribution < 1.29 is 18.7 Å². The molecule has 0 aromatic heterocycles. The molecule has 4 nitrogen and oxygen atoms in total. The van der Waals surface area contributed by atoms with E-state index in [4.69, 9.17) is 51.1 Å². The fraction of sp³-hybridized carbons (Fsp3) is 0.111. The van der Waals surface area contributed by atoms with E-state index in [1.54, 1.807) is 18.2 Å². The molecule has 0 spiro atoms. The standard InChI is InChI=1S/C27H18Cl4FNO3/c1-36-27(35)23(33-26(34)25-19(28)7-4-8-20(25)29)11-14-9-10-18(17-6-3-2-5-16(14)17)24-21(30)12-15(32)13-22(24)31/h2-10,12-13,23H,11H2,1H3,(H,33,34)/t23-/m0/s1. The van der Waals surface area contributed by atoms with Crippen LogP contribution in [0.4, 0.5) is 4.39 Å². The maximum Gasteiger partial charge on any atom is 0.328 e. The molecule has 36 heavy (non-hydrogen) atoms. The smallest absolute Gasteiger partial charge is 0.328 e. The molecule has 1 atom stereocenters. The minimum atomic E-state index is -1.03. The van der Waals surface area contributed by atoms with Gasteiger partial charge >= 0.3 is 5.97 Å². The Morgan fingerprint density at radius 1 is 0.861 bits per heavy atom. The molecule has 0 saturated heterocycles. The van der Waals surface area contributed by atoms with Gasteiger partial charge in [0.1, 0.15) is 11.9 Å². The van der Waals surface area contributed by atoms with Gasteiger partial charge in [-0.05, 0) is 46.2 Å². The minimum Gasteiger partial charge on any atom is -0.467 e. The van der Waals surface area contributed by atoms with Crippen LogP contribution in [0.2, 0.25) is 20.1 Å². The second-order valence-corrected chi connectivity index (χ2v) is 9.54. The Balaban J connectivity index is 1.75. The maximum absolute atomic E-state index is 13.8. The van der Waals surface area contributed by atoms with E-state index in [2.05, 4.69) is 5.32 Å². The van der Waals surface area contributed by atoms with Crippen LogP contribution in [0.1, 0.15) is 15.9 Å². The van der Waals surface area contributed by atoms with E-state index < -0.39 is 23.7 Å². The first-order chi connectivity index (χ1) is 17.2. The van der Waals surface area contributed by atoms with Gasteiger partial charge in [0.25, 0.3) is 5.91 Å². The summed E-state index contributed by atoms with van der Waals surface area (Å²) in [7, 11) is 1.24. The highest BCUT2D eigenvalue weighted by Gasteiger charge is 2.26. The molecule has 0 bridgehead atoms. The van der Waals surface area contributed by atoms with Crippen molar-refractivity contribution in [1.29, 1.82) is 0 Å². The highest BCUT2D eigenvalue weighted by molar-refractivity contribution is 6.40. The third-order valence-electron chi connectivity index (χ3n) is 5.70. The lowest BCUT2D eigenvalue weighted by atomic mass is 9.92. The fourth-order valence-corrected chi connectivity index (χ4v) is 5.29. The summed E-state index contributed by atoms with van der Waals surface area (Å²) in [5.41, 5.74) is 2.01. The number of nitrogens with one attached hydrogen (secondary N) is 1. The summed E-state index contributed by atoms with van der Waals surface area (Å²) in [4.78, 5) is 25.6. The number of amides is 1. The molecule has 0 aliphatic heterocycles. The molecule has 0 unspecified atom stereocenters. The number of esters is 1. The summed E-state index contributed by atoms with van der Waals surface area (Å²) in [5, 5.41) is 4.93. The Morgan fingerprint density at radius 2 is 1.47 bits per heavy atom. The van der Waals surface area contributed by atoms with Gasteiger partial charge in [0.2, 0.25) is 0 Å². The van der Waals surface area contributed by atoms with Crippen LogP contribution < -0.4 is 5.32 Å². The zero-order valence-corrected chi connectivity index (χ0v) is 21.8. The van der Waals surface area contributed by atoms with Crippen molar-refractivity contribution in [3.63, 3.8) is 0 Å². The third kappa shape index (κ3) is 5.30. The number of benzene rings is 4. The van der Waals surface area contributed by atoms with Gasteiger partial charge in [0, 0.05) is 12.0 Å². The number of rotatable bonds is 6. The number of hydrogen-bond acceptors (Lipinski definition) is 3. The molecule has 1 amide bonds. The van der Waals surface area contributed by atoms with Gasteiger partial charge < -0.3 is 10.1 Å². The Labute approximate surface area is 226 Å². The number of carbonyl (C=O) groups excluding carboxylic acids is 2. The molecule has 184 valence electrons. The van der Waals surface area contributed by atoms with E-state index in [1.165, 1.54) is 31.4 Å². The number of hydrogen-bond donors (Lipinski definition) is 1. The Morgan fingerprint density at radius 3 is 2.08 bits per heavy atom. The Bertz CT molecular complexity index is 1450. The van der Waals surface area contributed by atoms with Gasteiger partial charge in [-0.15, -0.1) is 0 Å². The van der Waals surface area contributed by atoms with Crippen LogP contribution >= 0.6 is 46.4 Å². The van der Waals surface area contributed by atoms with Crippen LogP contribution in [0, 0.1) is 5.82 Å². The van der Waals surface area contributed by atoms with E-state index in [0.717, 1.165) is 16.3 Å². The van der Waals surface area contributed by atoms with E-state index >= 15 is 0 Å². The number of carbonyl (C=O) groups is 2. The lowest BCUT2D eigenvalue weighted by molar-refractivity contribution is -0.142. The van der Waals surface area contributed by atoms with Crippen molar-refractivity contribution in [2.45, 2.75) is 12.5 Å². The number of methoxy groups -OCH3 is 1. The molecular weight excluding hydrogens is 547 g/mol. The largest absolute Gasteiger partial charge is 0.467 e. The highest BCUT2D eigenvalue weighted by atomic mass is 35.5. The normalized spacial score (nSPS) is 11.8. The van der Waals surface area contributed by atoms with E-state index in [1.807, 2.05) is 24.3 Å². The van der Waals surface area contributed by atoms with E-state index in [0.29, 0.717) is 11.1 Å². The van der Waals surface area contributed by atoms with Gasteiger partial charge in [0.15, 0.2) is 0 Å². The summed E-state index contributed by atoms with van der Waals surface area (Å²) in [6, 6.07) is 17.1. The van der Waals surface area contributed by atoms with Crippen molar-refractivity contribution in [3.8, 4) is 11.1 Å². The first-order valence-electron chi connectivity index (χ1n) is 10.7. The first-order valence-corrected chi connectivity index (χ1v) is 12.2. The summed E-state index contributed by atoms with van der Waals surface area (Å²) in [6.07, 6.45) is 0.117. The zero-order chi connectivity index (χ0) is 26.0. The molecule has 9 heteroatoms. The van der Waals surface area contributed by atoms with E-state index in [-0.39, 0.29) is 32.1 Å². The van der Waals surface area contributed by atoms with E-state index in [9.17, 15) is 14.0 Å². The van der Waals surface area contributed by atoms with Crippen LogP contribution in [0.5, 0.6) is 0 Å². The number of halogens is 5. The van der Waals surface area contributed by atoms with Crippen molar-refractivity contribution in [2.24, 2.45) is 0 Å². The van der Waals surface area contributed by atoms with Gasteiger partial charge in [-0.3, -0.25) is 4.79 Å². The summed E-state index contributed by atoms with van der Waals surface area (Å²) in [5.74, 6) is -1.78. The summed E-state index contributed by atoms with van der Waals surface area (Å²) >= 11 is 25.0. The van der Waals surface area contributed by atoms with Crippen LogP contribution in [0.25, 0.3) is 21.9 Å². The summed E-state index contributed by atoms with van der Waals surface area (Å²) < 4.78 is 18.7. The SMILES string of the molecule is COC(=O)[C@H](Cc1ccc(-c2c(Cl)cc(F)cc2Cl)c2ccccc12)NC(=O)c1c(Cl)cccc1Cl. The molecule has 4 rings (SSSR count). The second-order valence-electron chi connectivity index (χ2n) is 7.91. The quantitative estimate of drug-likeness (QED) is 0.243. The number of ether oxygens (including phenoxy) is 1. The monoisotopic (exact) mass is 563 g/mol. The second kappa shape index (κ2) is 11.1. The fourth-order valence-electron chi connectivity index (χ4n) is 4.06. The summed E-state index contributed by atoms with van der Waals surface area (Å²) in [6.45, 7) is 0. The molecular formula is C27H18Cl4FNO3. The maximum atomic E-state index is 13.8. The van der Waals surface area contributed by atoms with Crippen LogP contribution in [0.15, 0.2) is 66.7 Å². The highest BCUT2D eigenvalue weighted by Crippen LogP contribution is 2.40. The average molecular weight is 565 g/mol. The lowest BCUT2D eigenvalue weighted by Gasteiger charge is -2.20. The van der Waals surface area contributed by atoms with Crippen LogP contribution in [-0.4, -0.2) is 25.0 Å². The van der Waals surface area contributed by atoms with Gasteiger partial charge in [-0.1, -0.05) is 88.9 Å². The zero-order valence-electron chi connectivity index (χ0n) is 18.7. The van der Waals surface area contributed by atoms with Crippen LogP contribution in [0.3, 0.4) is 0 Å². The molecule has 1 N–H and O–H groups in total. The topological polar surface area (TPSA) is 55.4 Å². The molecule has 4 aromatic rings. The molecule has 0 saturated carbocycles. The van der Waals surface area contributed by atoms with Crippen molar-refractivity contribution >= 4 is 69.1 Å².